The summed E-state index contributed by atoms with van der Waals surface area (Å²) < 4.78 is 5.52. The highest BCUT2D eigenvalue weighted by Gasteiger charge is 2.09. The zero-order valence-corrected chi connectivity index (χ0v) is 17.4. The van der Waals surface area contributed by atoms with Crippen LogP contribution in [-0.4, -0.2) is 11.0 Å². The molecule has 0 bridgehead atoms. The van der Waals surface area contributed by atoms with Crippen molar-refractivity contribution in [2.45, 2.75) is 52.4 Å². The van der Waals surface area contributed by atoms with Gasteiger partial charge in [-0.05, 0) is 60.7 Å². The molecule has 0 amide bonds. The van der Waals surface area contributed by atoms with Crippen molar-refractivity contribution in [2.24, 2.45) is 0 Å². The number of aryl methyl sites for hydroxylation is 2. The Hall–Kier alpha value is -2.94. The smallest absolute Gasteiger partial charge is 0.343 e. The van der Waals surface area contributed by atoms with Gasteiger partial charge in [0.2, 0.25) is 0 Å². The van der Waals surface area contributed by atoms with E-state index < -0.39 is 0 Å². The van der Waals surface area contributed by atoms with Crippen molar-refractivity contribution in [2.75, 3.05) is 0 Å². The van der Waals surface area contributed by atoms with E-state index in [1.165, 1.54) is 36.8 Å². The minimum atomic E-state index is -0.346. The lowest BCUT2D eigenvalue weighted by atomic mass is 10.1. The van der Waals surface area contributed by atoms with Crippen LogP contribution in [0.4, 0.5) is 0 Å². The molecule has 1 aromatic heterocycles. The van der Waals surface area contributed by atoms with E-state index in [4.69, 9.17) is 4.74 Å². The number of pyridine rings is 1. The lowest BCUT2D eigenvalue weighted by Crippen LogP contribution is -2.08. The van der Waals surface area contributed by atoms with Crippen LogP contribution in [-0.2, 0) is 12.8 Å². The molecule has 0 spiro atoms. The molecule has 0 N–H and O–H groups in total. The predicted octanol–water partition coefficient (Wildman–Crippen LogP) is 6.65. The van der Waals surface area contributed by atoms with E-state index in [0.717, 1.165) is 24.1 Å². The van der Waals surface area contributed by atoms with Crippen molar-refractivity contribution >= 4 is 5.97 Å². The van der Waals surface area contributed by atoms with Crippen molar-refractivity contribution in [3.8, 4) is 17.0 Å². The second-order valence-electron chi connectivity index (χ2n) is 7.33. The van der Waals surface area contributed by atoms with E-state index >= 15 is 0 Å². The summed E-state index contributed by atoms with van der Waals surface area (Å²) in [5, 5.41) is 0. The maximum Gasteiger partial charge on any atom is 0.343 e. The summed E-state index contributed by atoms with van der Waals surface area (Å²) in [6.45, 7) is 4.33. The van der Waals surface area contributed by atoms with Gasteiger partial charge in [0.05, 0.1) is 11.3 Å². The van der Waals surface area contributed by atoms with Crippen molar-refractivity contribution in [1.82, 2.24) is 4.98 Å². The van der Waals surface area contributed by atoms with E-state index in [-0.39, 0.29) is 5.97 Å². The number of carbonyl (C=O) groups is 1. The summed E-state index contributed by atoms with van der Waals surface area (Å²) in [6, 6.07) is 19.3. The highest BCUT2D eigenvalue weighted by atomic mass is 16.5. The standard InChI is InChI=1S/C26H29NO2/c1-3-5-6-7-8-21-9-16-24(17-10-21)29-26(28)23-14-12-22(13-15-23)25-18-11-20(4-2)19-27-25/h9-19H,3-8H2,1-2H3. The second kappa shape index (κ2) is 10.6. The summed E-state index contributed by atoms with van der Waals surface area (Å²) >= 11 is 0. The third-order valence-corrected chi connectivity index (χ3v) is 5.10. The summed E-state index contributed by atoms with van der Waals surface area (Å²) in [6.07, 6.45) is 8.94. The number of rotatable bonds is 9. The quantitative estimate of drug-likeness (QED) is 0.234. The molecule has 0 saturated carbocycles. The van der Waals surface area contributed by atoms with Gasteiger partial charge in [0.25, 0.3) is 0 Å². The first-order chi connectivity index (χ1) is 14.2. The Kier molecular flexibility index (Phi) is 7.57. The van der Waals surface area contributed by atoms with Gasteiger partial charge in [0.15, 0.2) is 0 Å². The topological polar surface area (TPSA) is 39.2 Å². The minimum Gasteiger partial charge on any atom is -0.423 e. The maximum absolute atomic E-state index is 12.4. The van der Waals surface area contributed by atoms with Crippen LogP contribution in [0.5, 0.6) is 5.75 Å². The molecule has 0 aliphatic rings. The molecule has 0 saturated heterocycles. The van der Waals surface area contributed by atoms with Gasteiger partial charge in [0.1, 0.15) is 5.75 Å². The van der Waals surface area contributed by atoms with Crippen LogP contribution in [0.3, 0.4) is 0 Å². The largest absolute Gasteiger partial charge is 0.423 e. The Labute approximate surface area is 173 Å². The number of ether oxygens (including phenoxy) is 1. The Morgan fingerprint density at radius 1 is 0.828 bits per heavy atom. The second-order valence-corrected chi connectivity index (χ2v) is 7.33. The zero-order valence-electron chi connectivity index (χ0n) is 17.4. The average Bonchev–Trinajstić information content (AvgIpc) is 2.78. The number of carbonyl (C=O) groups excluding carboxylic acids is 1. The molecule has 3 rings (SSSR count). The number of hydrogen-bond donors (Lipinski definition) is 0. The van der Waals surface area contributed by atoms with E-state index in [1.807, 2.05) is 48.7 Å². The highest BCUT2D eigenvalue weighted by Crippen LogP contribution is 2.20. The van der Waals surface area contributed by atoms with Gasteiger partial charge in [0, 0.05) is 11.8 Å². The fraction of sp³-hybridized carbons (Fsp3) is 0.308. The molecule has 0 unspecified atom stereocenters. The Morgan fingerprint density at radius 3 is 2.17 bits per heavy atom. The normalized spacial score (nSPS) is 10.7. The van der Waals surface area contributed by atoms with E-state index in [1.54, 1.807) is 12.1 Å². The average molecular weight is 388 g/mol. The molecule has 3 nitrogen and oxygen atoms in total. The van der Waals surface area contributed by atoms with Crippen LogP contribution < -0.4 is 4.74 Å². The van der Waals surface area contributed by atoms with Gasteiger partial charge in [-0.25, -0.2) is 4.79 Å². The van der Waals surface area contributed by atoms with Crippen LogP contribution in [0.2, 0.25) is 0 Å². The fourth-order valence-electron chi connectivity index (χ4n) is 3.23. The minimum absolute atomic E-state index is 0.346. The Morgan fingerprint density at radius 2 is 1.55 bits per heavy atom. The number of benzene rings is 2. The van der Waals surface area contributed by atoms with Crippen LogP contribution in [0.15, 0.2) is 66.9 Å². The molecule has 3 heteroatoms. The van der Waals surface area contributed by atoms with E-state index in [2.05, 4.69) is 24.9 Å². The number of aromatic nitrogens is 1. The van der Waals surface area contributed by atoms with Crippen molar-refractivity contribution in [1.29, 1.82) is 0 Å². The molecular formula is C26H29NO2. The molecule has 1 heterocycles. The molecule has 3 aromatic rings. The number of esters is 1. The lowest BCUT2D eigenvalue weighted by molar-refractivity contribution is 0.0734. The molecule has 0 fully saturated rings. The fourth-order valence-corrected chi connectivity index (χ4v) is 3.23. The maximum atomic E-state index is 12.4. The van der Waals surface area contributed by atoms with Crippen LogP contribution >= 0.6 is 0 Å². The summed E-state index contributed by atoms with van der Waals surface area (Å²) in [5.41, 5.74) is 4.91. The highest BCUT2D eigenvalue weighted by molar-refractivity contribution is 5.91. The van der Waals surface area contributed by atoms with E-state index in [9.17, 15) is 4.79 Å². The van der Waals surface area contributed by atoms with Crippen molar-refractivity contribution in [3.63, 3.8) is 0 Å². The van der Waals surface area contributed by atoms with Crippen molar-refractivity contribution in [3.05, 3.63) is 83.6 Å². The van der Waals surface area contributed by atoms with Crippen LogP contribution in [0, 0.1) is 0 Å². The summed E-state index contributed by atoms with van der Waals surface area (Å²) in [7, 11) is 0. The molecular weight excluding hydrogens is 358 g/mol. The Balaban J connectivity index is 1.57. The van der Waals surface area contributed by atoms with Gasteiger partial charge in [-0.15, -0.1) is 0 Å². The number of hydrogen-bond acceptors (Lipinski definition) is 3. The van der Waals surface area contributed by atoms with Gasteiger partial charge in [-0.3, -0.25) is 4.98 Å². The SMILES string of the molecule is CCCCCCc1ccc(OC(=O)c2ccc(-c3ccc(CC)cn3)cc2)cc1. The first-order valence-electron chi connectivity index (χ1n) is 10.6. The summed E-state index contributed by atoms with van der Waals surface area (Å²) in [4.78, 5) is 16.9. The van der Waals surface area contributed by atoms with Crippen LogP contribution in [0.1, 0.15) is 61.0 Å². The van der Waals surface area contributed by atoms with Gasteiger partial charge in [-0.2, -0.15) is 0 Å². The third-order valence-electron chi connectivity index (χ3n) is 5.10. The van der Waals surface area contributed by atoms with Gasteiger partial charge in [-0.1, -0.05) is 63.4 Å². The van der Waals surface area contributed by atoms with Gasteiger partial charge < -0.3 is 4.74 Å². The van der Waals surface area contributed by atoms with Gasteiger partial charge >= 0.3 is 5.97 Å². The molecule has 150 valence electrons. The number of nitrogens with zero attached hydrogens (tertiary/aromatic N) is 1. The van der Waals surface area contributed by atoms with Crippen LogP contribution in [0.25, 0.3) is 11.3 Å². The van der Waals surface area contributed by atoms with E-state index in [0.29, 0.717) is 11.3 Å². The number of unbranched alkanes of at least 4 members (excludes halogenated alkanes) is 3. The Bertz CT molecular complexity index is 897. The molecule has 29 heavy (non-hydrogen) atoms. The predicted molar refractivity (Wildman–Crippen MR) is 118 cm³/mol. The monoisotopic (exact) mass is 387 g/mol. The van der Waals surface area contributed by atoms with Crippen molar-refractivity contribution < 1.29 is 9.53 Å². The molecule has 0 atom stereocenters. The first kappa shape index (κ1) is 20.8. The molecule has 0 aliphatic carbocycles. The summed E-state index contributed by atoms with van der Waals surface area (Å²) in [5.74, 6) is 0.231. The lowest BCUT2D eigenvalue weighted by Gasteiger charge is -2.07. The molecule has 2 aromatic carbocycles. The molecule has 0 aliphatic heterocycles. The first-order valence-corrected chi connectivity index (χ1v) is 10.6. The zero-order chi connectivity index (χ0) is 20.5. The third kappa shape index (κ3) is 6.02. The molecule has 0 radical (unpaired) electrons.